The van der Waals surface area contributed by atoms with Crippen molar-refractivity contribution >= 4 is 40.1 Å². The summed E-state index contributed by atoms with van der Waals surface area (Å²) >= 11 is 0. The second-order valence-corrected chi connectivity index (χ2v) is 8.44. The monoisotopic (exact) mass is 513 g/mol. The van der Waals surface area contributed by atoms with E-state index in [1.807, 2.05) is 12.1 Å². The number of amides is 2. The Morgan fingerprint density at radius 1 is 0.816 bits per heavy atom. The minimum atomic E-state index is -1.08. The third kappa shape index (κ3) is 5.89. The summed E-state index contributed by atoms with van der Waals surface area (Å²) in [5.41, 5.74) is 3.23. The maximum Gasteiger partial charge on any atom is 0.339 e. The van der Waals surface area contributed by atoms with E-state index >= 15 is 0 Å². The third-order valence-corrected chi connectivity index (χ3v) is 5.74. The number of carbonyl (C=O) groups is 3. The lowest BCUT2D eigenvalue weighted by molar-refractivity contribution is -0.123. The number of aromatic nitrogens is 1. The predicted octanol–water partition coefficient (Wildman–Crippen LogP) is 5.06. The molecule has 4 rings (SSSR count). The fraction of sp³-hybridized carbons (Fsp3) is 0.172. The number of benzene rings is 3. The molecule has 0 saturated carbocycles. The van der Waals surface area contributed by atoms with Gasteiger partial charge in [0.1, 0.15) is 0 Å². The number of esters is 1. The number of hydrogen-bond acceptors (Lipinski definition) is 7. The van der Waals surface area contributed by atoms with Crippen LogP contribution >= 0.6 is 0 Å². The van der Waals surface area contributed by atoms with Gasteiger partial charge in [-0.15, -0.1) is 0 Å². The second kappa shape index (κ2) is 11.4. The SMILES string of the molecule is COc1ccc(-c2cc(C(=O)OC(C)C(=O)Nc3ccc(NC(C)=O)cc3)c3ccccc3n2)cc1OC. The zero-order valence-electron chi connectivity index (χ0n) is 21.4. The first-order valence-electron chi connectivity index (χ1n) is 11.8. The van der Waals surface area contributed by atoms with Crippen molar-refractivity contribution in [3.05, 3.63) is 78.4 Å². The van der Waals surface area contributed by atoms with Crippen molar-refractivity contribution in [3.63, 3.8) is 0 Å². The standard InChI is InChI=1S/C29H27N3O6/c1-17(28(34)31-21-12-10-20(11-13-21)30-18(2)33)38-29(35)23-16-25(32-24-8-6-5-7-22(23)24)19-9-14-26(36-3)27(15-19)37-4/h5-17H,1-4H3,(H,30,33)(H,31,34). The van der Waals surface area contributed by atoms with Gasteiger partial charge in [-0.2, -0.15) is 0 Å². The van der Waals surface area contributed by atoms with Crippen molar-refractivity contribution < 1.29 is 28.6 Å². The number of pyridine rings is 1. The molecular formula is C29H27N3O6. The van der Waals surface area contributed by atoms with Crippen molar-refractivity contribution in [2.24, 2.45) is 0 Å². The van der Waals surface area contributed by atoms with Gasteiger partial charge < -0.3 is 24.8 Å². The van der Waals surface area contributed by atoms with Gasteiger partial charge in [-0.3, -0.25) is 9.59 Å². The van der Waals surface area contributed by atoms with Crippen LogP contribution in [0.4, 0.5) is 11.4 Å². The molecule has 1 atom stereocenters. The van der Waals surface area contributed by atoms with Crippen LogP contribution in [-0.4, -0.2) is 43.1 Å². The number of methoxy groups -OCH3 is 2. The fourth-order valence-corrected chi connectivity index (χ4v) is 3.85. The van der Waals surface area contributed by atoms with Gasteiger partial charge in [0.2, 0.25) is 5.91 Å². The fourth-order valence-electron chi connectivity index (χ4n) is 3.85. The summed E-state index contributed by atoms with van der Waals surface area (Å²) in [5, 5.41) is 5.97. The van der Waals surface area contributed by atoms with Gasteiger partial charge in [-0.25, -0.2) is 9.78 Å². The maximum atomic E-state index is 13.3. The molecule has 1 heterocycles. The lowest BCUT2D eigenvalue weighted by Gasteiger charge is -2.16. The Balaban J connectivity index is 1.56. The van der Waals surface area contributed by atoms with Crippen LogP contribution in [0, 0.1) is 0 Å². The van der Waals surface area contributed by atoms with E-state index in [1.54, 1.807) is 74.9 Å². The van der Waals surface area contributed by atoms with Crippen LogP contribution in [0.1, 0.15) is 24.2 Å². The molecule has 0 aliphatic carbocycles. The van der Waals surface area contributed by atoms with E-state index in [9.17, 15) is 14.4 Å². The number of fused-ring (bicyclic) bond motifs is 1. The Morgan fingerprint density at radius 3 is 2.13 bits per heavy atom. The number of anilines is 2. The van der Waals surface area contributed by atoms with E-state index in [4.69, 9.17) is 19.2 Å². The largest absolute Gasteiger partial charge is 0.493 e. The van der Waals surface area contributed by atoms with E-state index in [0.717, 1.165) is 5.56 Å². The number of para-hydroxylation sites is 1. The van der Waals surface area contributed by atoms with Gasteiger partial charge in [0, 0.05) is 29.2 Å². The van der Waals surface area contributed by atoms with Gasteiger partial charge in [-0.1, -0.05) is 18.2 Å². The van der Waals surface area contributed by atoms with Crippen molar-refractivity contribution in [1.29, 1.82) is 0 Å². The van der Waals surface area contributed by atoms with Crippen molar-refractivity contribution in [1.82, 2.24) is 4.98 Å². The summed E-state index contributed by atoms with van der Waals surface area (Å²) in [6.45, 7) is 2.91. The van der Waals surface area contributed by atoms with Crippen LogP contribution in [0.25, 0.3) is 22.2 Å². The number of ether oxygens (including phenoxy) is 3. The van der Waals surface area contributed by atoms with Gasteiger partial charge in [0.15, 0.2) is 17.6 Å². The third-order valence-electron chi connectivity index (χ3n) is 5.74. The Labute approximate surface area is 219 Å². The number of hydrogen-bond donors (Lipinski definition) is 2. The van der Waals surface area contributed by atoms with Crippen molar-refractivity contribution in [2.75, 3.05) is 24.9 Å². The van der Waals surface area contributed by atoms with Crippen LogP contribution in [0.3, 0.4) is 0 Å². The Bertz CT molecular complexity index is 1500. The molecule has 1 unspecified atom stereocenters. The van der Waals surface area contributed by atoms with Gasteiger partial charge in [0.25, 0.3) is 5.91 Å². The lowest BCUT2D eigenvalue weighted by atomic mass is 10.0. The molecule has 0 aliphatic rings. The summed E-state index contributed by atoms with van der Waals surface area (Å²) in [5.74, 6) is -0.251. The van der Waals surface area contributed by atoms with E-state index in [1.165, 1.54) is 13.8 Å². The number of nitrogens with zero attached hydrogens (tertiary/aromatic N) is 1. The first-order chi connectivity index (χ1) is 18.3. The first-order valence-corrected chi connectivity index (χ1v) is 11.8. The Kier molecular flexibility index (Phi) is 7.86. The lowest BCUT2D eigenvalue weighted by Crippen LogP contribution is -2.30. The number of nitrogens with one attached hydrogen (secondary N) is 2. The van der Waals surface area contributed by atoms with Gasteiger partial charge >= 0.3 is 5.97 Å². The van der Waals surface area contributed by atoms with E-state index in [0.29, 0.717) is 39.5 Å². The maximum absolute atomic E-state index is 13.3. The average Bonchev–Trinajstić information content (AvgIpc) is 2.92. The minimum Gasteiger partial charge on any atom is -0.493 e. The molecule has 9 heteroatoms. The highest BCUT2D eigenvalue weighted by atomic mass is 16.5. The predicted molar refractivity (Wildman–Crippen MR) is 145 cm³/mol. The highest BCUT2D eigenvalue weighted by molar-refractivity contribution is 6.06. The van der Waals surface area contributed by atoms with Gasteiger partial charge in [-0.05, 0) is 61.5 Å². The molecule has 0 spiro atoms. The summed E-state index contributed by atoms with van der Waals surface area (Å²) in [4.78, 5) is 41.9. The molecular weight excluding hydrogens is 486 g/mol. The molecule has 0 aliphatic heterocycles. The summed E-state index contributed by atoms with van der Waals surface area (Å²) in [7, 11) is 3.10. The molecule has 9 nitrogen and oxygen atoms in total. The number of rotatable bonds is 8. The molecule has 38 heavy (non-hydrogen) atoms. The molecule has 0 radical (unpaired) electrons. The van der Waals surface area contributed by atoms with Crippen LogP contribution in [0.2, 0.25) is 0 Å². The van der Waals surface area contributed by atoms with E-state index in [2.05, 4.69) is 10.6 Å². The topological polar surface area (TPSA) is 116 Å². The zero-order chi connectivity index (χ0) is 27.2. The Morgan fingerprint density at radius 2 is 1.47 bits per heavy atom. The molecule has 2 amide bonds. The van der Waals surface area contributed by atoms with Gasteiger partial charge in [0.05, 0.1) is 31.0 Å². The second-order valence-electron chi connectivity index (χ2n) is 8.44. The Hall–Kier alpha value is -4.92. The van der Waals surface area contributed by atoms with Crippen LogP contribution in [0.5, 0.6) is 11.5 Å². The summed E-state index contributed by atoms with van der Waals surface area (Å²) < 4.78 is 16.3. The molecule has 3 aromatic carbocycles. The van der Waals surface area contributed by atoms with E-state index < -0.39 is 18.0 Å². The summed E-state index contributed by atoms with van der Waals surface area (Å²) in [6.07, 6.45) is -1.08. The van der Waals surface area contributed by atoms with Crippen LogP contribution in [-0.2, 0) is 14.3 Å². The molecule has 1 aromatic heterocycles. The minimum absolute atomic E-state index is 0.194. The van der Waals surface area contributed by atoms with E-state index in [-0.39, 0.29) is 11.5 Å². The molecule has 0 saturated heterocycles. The molecule has 0 bridgehead atoms. The van der Waals surface area contributed by atoms with Crippen LogP contribution in [0.15, 0.2) is 72.8 Å². The molecule has 2 N–H and O–H groups in total. The molecule has 0 fully saturated rings. The molecule has 4 aromatic rings. The molecule has 194 valence electrons. The van der Waals surface area contributed by atoms with Crippen LogP contribution < -0.4 is 20.1 Å². The zero-order valence-corrected chi connectivity index (χ0v) is 21.4. The average molecular weight is 514 g/mol. The highest BCUT2D eigenvalue weighted by Gasteiger charge is 2.22. The van der Waals surface area contributed by atoms with Crippen molar-refractivity contribution in [3.8, 4) is 22.8 Å². The number of carbonyl (C=O) groups excluding carboxylic acids is 3. The quantitative estimate of drug-likeness (QED) is 0.316. The smallest absolute Gasteiger partial charge is 0.339 e. The normalized spacial score (nSPS) is 11.4. The highest BCUT2D eigenvalue weighted by Crippen LogP contribution is 2.33. The summed E-state index contributed by atoms with van der Waals surface area (Å²) in [6, 6.07) is 20.8. The van der Waals surface area contributed by atoms with Crippen molar-refractivity contribution in [2.45, 2.75) is 20.0 Å². The first kappa shape index (κ1) is 26.2.